The Hall–Kier alpha value is -1.27. The smallest absolute Gasteiger partial charge is 0.159 e. The fourth-order valence-corrected chi connectivity index (χ4v) is 2.02. The van der Waals surface area contributed by atoms with Crippen molar-refractivity contribution in [2.75, 3.05) is 18.5 Å². The molecule has 0 saturated carbocycles. The van der Waals surface area contributed by atoms with Crippen LogP contribution in [-0.4, -0.2) is 33.9 Å². The molecule has 19 heavy (non-hydrogen) atoms. The highest BCUT2D eigenvalue weighted by atomic mass is 32.1. The number of ether oxygens (including phenoxy) is 1. The lowest BCUT2D eigenvalue weighted by molar-refractivity contribution is 0.000630. The third-order valence-electron chi connectivity index (χ3n) is 2.92. The summed E-state index contributed by atoms with van der Waals surface area (Å²) >= 11 is 5.09. The minimum atomic E-state index is -0.289. The molecule has 0 aromatic carbocycles. The number of hydrogen-bond acceptors (Lipinski definition) is 5. The molecule has 5 nitrogen and oxygen atoms in total. The maximum Gasteiger partial charge on any atom is 0.159 e. The summed E-state index contributed by atoms with van der Waals surface area (Å²) in [6.45, 7) is 11.1. The van der Waals surface area contributed by atoms with Crippen LogP contribution in [0.4, 0.5) is 5.82 Å². The van der Waals surface area contributed by atoms with Crippen molar-refractivity contribution in [2.24, 2.45) is 5.73 Å². The van der Waals surface area contributed by atoms with Crippen molar-refractivity contribution in [3.05, 3.63) is 16.8 Å². The summed E-state index contributed by atoms with van der Waals surface area (Å²) in [5.74, 6) is 0.614. The Labute approximate surface area is 119 Å². The van der Waals surface area contributed by atoms with Crippen molar-refractivity contribution in [3.8, 4) is 0 Å². The fourth-order valence-electron chi connectivity index (χ4n) is 1.77. The fraction of sp³-hybridized carbons (Fsp3) is 0.615. The van der Waals surface area contributed by atoms with Crippen LogP contribution in [0.2, 0.25) is 0 Å². The highest BCUT2D eigenvalue weighted by Crippen LogP contribution is 2.19. The van der Waals surface area contributed by atoms with Gasteiger partial charge in [0.1, 0.15) is 4.99 Å². The normalized spacial score (nSPS) is 11.4. The van der Waals surface area contributed by atoms with Crippen LogP contribution in [0, 0.1) is 13.8 Å². The SMILES string of the molecule is CCOC(C)(C)CNc1nnc(C)c(C)c1C(N)=S. The van der Waals surface area contributed by atoms with Gasteiger partial charge >= 0.3 is 0 Å². The van der Waals surface area contributed by atoms with E-state index in [1.807, 2.05) is 34.6 Å². The van der Waals surface area contributed by atoms with Gasteiger partial charge < -0.3 is 15.8 Å². The number of aryl methyl sites for hydroxylation is 1. The molecule has 1 aromatic rings. The van der Waals surface area contributed by atoms with Crippen molar-refractivity contribution >= 4 is 23.0 Å². The molecule has 1 aromatic heterocycles. The molecule has 0 aliphatic heterocycles. The molecule has 6 heteroatoms. The molecule has 0 saturated heterocycles. The zero-order chi connectivity index (χ0) is 14.6. The molecule has 0 atom stereocenters. The lowest BCUT2D eigenvalue weighted by Crippen LogP contribution is -2.34. The predicted molar refractivity (Wildman–Crippen MR) is 81.6 cm³/mol. The van der Waals surface area contributed by atoms with Gasteiger partial charge in [-0.05, 0) is 40.2 Å². The maximum atomic E-state index is 5.77. The van der Waals surface area contributed by atoms with Crippen molar-refractivity contribution in [1.29, 1.82) is 0 Å². The number of nitrogens with one attached hydrogen (secondary N) is 1. The van der Waals surface area contributed by atoms with E-state index in [4.69, 9.17) is 22.7 Å². The third-order valence-corrected chi connectivity index (χ3v) is 3.12. The second kappa shape index (κ2) is 6.25. The number of rotatable bonds is 6. The molecule has 0 spiro atoms. The van der Waals surface area contributed by atoms with E-state index in [0.29, 0.717) is 24.0 Å². The van der Waals surface area contributed by atoms with E-state index in [2.05, 4.69) is 15.5 Å². The van der Waals surface area contributed by atoms with Crippen LogP contribution in [0.1, 0.15) is 37.6 Å². The molecule has 0 radical (unpaired) electrons. The van der Waals surface area contributed by atoms with Gasteiger partial charge in [-0.2, -0.15) is 5.10 Å². The van der Waals surface area contributed by atoms with Crippen LogP contribution in [0.5, 0.6) is 0 Å². The highest BCUT2D eigenvalue weighted by Gasteiger charge is 2.20. The molecule has 1 heterocycles. The van der Waals surface area contributed by atoms with Gasteiger partial charge in [0.05, 0.1) is 16.9 Å². The summed E-state index contributed by atoms with van der Waals surface area (Å²) in [5.41, 5.74) is 8.03. The zero-order valence-corrected chi connectivity index (χ0v) is 13.0. The van der Waals surface area contributed by atoms with E-state index in [1.54, 1.807) is 0 Å². The van der Waals surface area contributed by atoms with Gasteiger partial charge in [0.15, 0.2) is 5.82 Å². The second-order valence-corrected chi connectivity index (χ2v) is 5.48. The molecule has 0 aliphatic carbocycles. The van der Waals surface area contributed by atoms with E-state index in [1.165, 1.54) is 0 Å². The Morgan fingerprint density at radius 2 is 2.00 bits per heavy atom. The second-order valence-electron chi connectivity index (χ2n) is 5.04. The maximum absolute atomic E-state index is 5.77. The van der Waals surface area contributed by atoms with E-state index < -0.39 is 0 Å². The lowest BCUT2D eigenvalue weighted by atomic mass is 10.1. The van der Waals surface area contributed by atoms with Crippen LogP contribution in [0.25, 0.3) is 0 Å². The minimum absolute atomic E-state index is 0.289. The average molecular weight is 282 g/mol. The average Bonchev–Trinajstić information content (AvgIpc) is 2.30. The van der Waals surface area contributed by atoms with Crippen molar-refractivity contribution in [2.45, 2.75) is 40.2 Å². The topological polar surface area (TPSA) is 73.1 Å². The van der Waals surface area contributed by atoms with Gasteiger partial charge in [-0.3, -0.25) is 0 Å². The lowest BCUT2D eigenvalue weighted by Gasteiger charge is -2.25. The zero-order valence-electron chi connectivity index (χ0n) is 12.2. The van der Waals surface area contributed by atoms with Gasteiger partial charge in [-0.25, -0.2) is 0 Å². The first-order chi connectivity index (χ1) is 8.78. The summed E-state index contributed by atoms with van der Waals surface area (Å²) in [4.78, 5) is 0.326. The largest absolute Gasteiger partial charge is 0.389 e. The molecule has 0 unspecified atom stereocenters. The molecule has 0 bridgehead atoms. The molecular weight excluding hydrogens is 260 g/mol. The third kappa shape index (κ3) is 4.11. The molecule has 106 valence electrons. The molecule has 3 N–H and O–H groups in total. The Morgan fingerprint density at radius 1 is 1.37 bits per heavy atom. The minimum Gasteiger partial charge on any atom is -0.389 e. The first-order valence-electron chi connectivity index (χ1n) is 6.30. The van der Waals surface area contributed by atoms with Crippen molar-refractivity contribution in [3.63, 3.8) is 0 Å². The summed E-state index contributed by atoms with van der Waals surface area (Å²) < 4.78 is 5.63. The number of nitrogens with two attached hydrogens (primary N) is 1. The van der Waals surface area contributed by atoms with E-state index in [9.17, 15) is 0 Å². The number of aromatic nitrogens is 2. The Kier molecular flexibility index (Phi) is 5.20. The Morgan fingerprint density at radius 3 is 2.53 bits per heavy atom. The van der Waals surface area contributed by atoms with Crippen molar-refractivity contribution < 1.29 is 4.74 Å². The molecule has 0 aliphatic rings. The van der Waals surface area contributed by atoms with Gasteiger partial charge in [-0.1, -0.05) is 12.2 Å². The number of hydrogen-bond donors (Lipinski definition) is 2. The summed E-state index contributed by atoms with van der Waals surface area (Å²) in [7, 11) is 0. The van der Waals surface area contributed by atoms with Gasteiger partial charge in [0.2, 0.25) is 0 Å². The van der Waals surface area contributed by atoms with Crippen LogP contribution in [0.3, 0.4) is 0 Å². The Balaban J connectivity index is 2.96. The first kappa shape index (κ1) is 15.8. The van der Waals surface area contributed by atoms with E-state index >= 15 is 0 Å². The monoisotopic (exact) mass is 282 g/mol. The van der Waals surface area contributed by atoms with Crippen LogP contribution >= 0.6 is 12.2 Å². The summed E-state index contributed by atoms with van der Waals surface area (Å²) in [6, 6.07) is 0. The van der Waals surface area contributed by atoms with Crippen molar-refractivity contribution in [1.82, 2.24) is 10.2 Å². The van der Waals surface area contributed by atoms with Crippen LogP contribution in [0.15, 0.2) is 0 Å². The summed E-state index contributed by atoms with van der Waals surface area (Å²) in [5, 5.41) is 11.5. The molecule has 0 fully saturated rings. The first-order valence-corrected chi connectivity index (χ1v) is 6.71. The van der Waals surface area contributed by atoms with Gasteiger partial charge in [0.25, 0.3) is 0 Å². The van der Waals surface area contributed by atoms with Crippen LogP contribution in [-0.2, 0) is 4.74 Å². The predicted octanol–water partition coefficient (Wildman–Crippen LogP) is 1.95. The molecule has 1 rings (SSSR count). The highest BCUT2D eigenvalue weighted by molar-refractivity contribution is 7.80. The Bertz CT molecular complexity index is 474. The van der Waals surface area contributed by atoms with Gasteiger partial charge in [0, 0.05) is 13.2 Å². The summed E-state index contributed by atoms with van der Waals surface area (Å²) in [6.07, 6.45) is 0. The van der Waals surface area contributed by atoms with Crippen LogP contribution < -0.4 is 11.1 Å². The number of thiocarbonyl (C=S) groups is 1. The quantitative estimate of drug-likeness (QED) is 0.777. The number of anilines is 1. The standard InChI is InChI=1S/C13H22N4OS/c1-6-18-13(4,5)7-15-12-10(11(14)19)8(2)9(3)16-17-12/h6-7H2,1-5H3,(H2,14,19)(H,15,17). The van der Waals surface area contributed by atoms with E-state index in [0.717, 1.165) is 16.8 Å². The number of nitrogens with zero attached hydrogens (tertiary/aromatic N) is 2. The van der Waals surface area contributed by atoms with Gasteiger partial charge in [-0.15, -0.1) is 5.10 Å². The molecule has 0 amide bonds. The molecular formula is C13H22N4OS. The van der Waals surface area contributed by atoms with E-state index in [-0.39, 0.29) is 5.60 Å².